The number of ether oxygens (including phenoxy) is 1. The minimum atomic E-state index is -0.728. The van der Waals surface area contributed by atoms with E-state index < -0.39 is 23.8 Å². The number of hydrogen-bond donors (Lipinski definition) is 2. The van der Waals surface area contributed by atoms with Crippen molar-refractivity contribution in [2.75, 3.05) is 23.8 Å². The molecule has 2 aliphatic rings. The number of rotatable bonds is 9. The monoisotopic (exact) mass is 420 g/mol. The molecule has 166 valence electrons. The van der Waals surface area contributed by atoms with Crippen LogP contribution in [-0.4, -0.2) is 34.6 Å². The van der Waals surface area contributed by atoms with E-state index in [2.05, 4.69) is 4.98 Å². The summed E-state index contributed by atoms with van der Waals surface area (Å²) in [6, 6.07) is 0. The van der Waals surface area contributed by atoms with Gasteiger partial charge in [-0.2, -0.15) is 0 Å². The van der Waals surface area contributed by atoms with E-state index in [0.717, 1.165) is 18.8 Å². The van der Waals surface area contributed by atoms with Gasteiger partial charge >= 0.3 is 11.7 Å². The molecule has 9 heteroatoms. The third-order valence-corrected chi connectivity index (χ3v) is 6.51. The smallest absolute Gasteiger partial charge is 0.330 e. The fourth-order valence-electron chi connectivity index (χ4n) is 4.96. The number of aromatic nitrogens is 2. The van der Waals surface area contributed by atoms with Crippen LogP contribution in [0, 0.1) is 17.8 Å². The summed E-state index contributed by atoms with van der Waals surface area (Å²) in [5, 5.41) is 0. The van der Waals surface area contributed by atoms with Crippen LogP contribution < -0.4 is 21.9 Å². The van der Waals surface area contributed by atoms with Gasteiger partial charge in [0.2, 0.25) is 0 Å². The first kappa shape index (κ1) is 22.1. The lowest BCUT2D eigenvalue weighted by Gasteiger charge is -2.23. The number of nitrogens with zero attached hydrogens (tertiary/aromatic N) is 2. The maximum Gasteiger partial charge on any atom is 0.330 e. The van der Waals surface area contributed by atoms with Crippen molar-refractivity contribution >= 4 is 23.4 Å². The molecule has 2 aliphatic carbocycles. The molecular formula is C21H32N4O5. The zero-order chi connectivity index (χ0) is 21.8. The second-order valence-electron chi connectivity index (χ2n) is 8.44. The van der Waals surface area contributed by atoms with Crippen molar-refractivity contribution in [2.45, 2.75) is 65.3 Å². The molecule has 2 bridgehead atoms. The molecule has 3 rings (SSSR count). The molecule has 9 nitrogen and oxygen atoms in total. The molecule has 30 heavy (non-hydrogen) atoms. The van der Waals surface area contributed by atoms with Gasteiger partial charge in [0.25, 0.3) is 11.5 Å². The molecule has 2 saturated carbocycles. The van der Waals surface area contributed by atoms with Crippen molar-refractivity contribution in [1.82, 2.24) is 9.55 Å². The number of fused-ring (bicyclic) bond motifs is 2. The van der Waals surface area contributed by atoms with Crippen LogP contribution >= 0.6 is 0 Å². The summed E-state index contributed by atoms with van der Waals surface area (Å²) >= 11 is 0. The number of carbonyl (C=O) groups is 2. The lowest BCUT2D eigenvalue weighted by Crippen LogP contribution is -2.42. The molecule has 3 N–H and O–H groups in total. The Morgan fingerprint density at radius 1 is 1.23 bits per heavy atom. The van der Waals surface area contributed by atoms with E-state index in [1.807, 2.05) is 6.92 Å². The maximum absolute atomic E-state index is 12.7. The van der Waals surface area contributed by atoms with E-state index in [1.165, 1.54) is 28.7 Å². The second kappa shape index (κ2) is 9.49. The Morgan fingerprint density at radius 2 is 2.00 bits per heavy atom. The van der Waals surface area contributed by atoms with Crippen LogP contribution in [0.1, 0.15) is 58.8 Å². The molecule has 1 aromatic heterocycles. The highest BCUT2D eigenvalue weighted by molar-refractivity contribution is 5.97. The fourth-order valence-corrected chi connectivity index (χ4v) is 4.96. The number of likely N-dealkylation sites (N-methyl/N-ethyl adjacent to an activating group) is 1. The van der Waals surface area contributed by atoms with E-state index in [0.29, 0.717) is 31.2 Å². The number of nitrogens with one attached hydrogen (secondary N) is 1. The molecule has 2 fully saturated rings. The Bertz CT molecular complexity index is 906. The van der Waals surface area contributed by atoms with E-state index in [1.54, 1.807) is 6.92 Å². The molecule has 1 aromatic rings. The molecule has 0 aromatic carbocycles. The Labute approximate surface area is 175 Å². The summed E-state index contributed by atoms with van der Waals surface area (Å²) in [5.74, 6) is 0.717. The zero-order valence-electron chi connectivity index (χ0n) is 17.8. The minimum absolute atomic E-state index is 0.0549. The summed E-state index contributed by atoms with van der Waals surface area (Å²) in [7, 11) is 0. The lowest BCUT2D eigenvalue weighted by molar-refractivity contribution is -0.149. The Morgan fingerprint density at radius 3 is 2.60 bits per heavy atom. The fraction of sp³-hybridized carbons (Fsp3) is 0.714. The number of nitrogen functional groups attached to an aromatic ring is 1. The van der Waals surface area contributed by atoms with Crippen molar-refractivity contribution in [3.8, 4) is 0 Å². The quantitative estimate of drug-likeness (QED) is 0.585. The number of hydrogen-bond acceptors (Lipinski definition) is 6. The van der Waals surface area contributed by atoms with Crippen molar-refractivity contribution in [1.29, 1.82) is 0 Å². The number of carbonyl (C=O) groups excluding carboxylic acids is 2. The standard InChI is InChI=1S/C21H32N4O5/c1-3-5-8-25-19(22)18(20(28)23-21(25)29)24(4-2)16(26)12-30-17(27)11-15-10-13-6-7-14(15)9-13/h13-15H,3-12,22H2,1-2H3,(H,23,28,29)/t13-,14+,15+/m0/s1. The average Bonchev–Trinajstić information content (AvgIpc) is 3.32. The first-order valence-electron chi connectivity index (χ1n) is 10.9. The van der Waals surface area contributed by atoms with Gasteiger partial charge in [-0.3, -0.25) is 23.9 Å². The average molecular weight is 421 g/mol. The largest absolute Gasteiger partial charge is 0.456 e. The normalized spacial score (nSPS) is 22.3. The number of H-pyrrole nitrogens is 1. The molecule has 0 unspecified atom stereocenters. The predicted molar refractivity (Wildman–Crippen MR) is 113 cm³/mol. The van der Waals surface area contributed by atoms with Crippen LogP contribution in [0.4, 0.5) is 11.5 Å². The summed E-state index contributed by atoms with van der Waals surface area (Å²) in [6.45, 7) is 3.70. The number of nitrogens with two attached hydrogens (primary N) is 1. The summed E-state index contributed by atoms with van der Waals surface area (Å²) in [6.07, 6.45) is 6.60. The number of amides is 1. The zero-order valence-corrected chi connectivity index (χ0v) is 17.8. The highest BCUT2D eigenvalue weighted by Crippen LogP contribution is 2.49. The van der Waals surface area contributed by atoms with Gasteiger partial charge in [-0.1, -0.05) is 19.8 Å². The Hall–Kier alpha value is -2.58. The lowest BCUT2D eigenvalue weighted by atomic mass is 9.86. The van der Waals surface area contributed by atoms with Crippen LogP contribution in [-0.2, 0) is 20.9 Å². The van der Waals surface area contributed by atoms with Gasteiger partial charge in [-0.25, -0.2) is 4.79 Å². The third kappa shape index (κ3) is 4.60. The first-order valence-corrected chi connectivity index (χ1v) is 10.9. The molecule has 0 aliphatic heterocycles. The first-order chi connectivity index (χ1) is 14.3. The number of aromatic amines is 1. The number of anilines is 2. The molecule has 0 saturated heterocycles. The Balaban J connectivity index is 1.66. The van der Waals surface area contributed by atoms with E-state index in [4.69, 9.17) is 10.5 Å². The van der Waals surface area contributed by atoms with Gasteiger partial charge in [0.1, 0.15) is 5.82 Å². The molecule has 1 amide bonds. The van der Waals surface area contributed by atoms with E-state index in [9.17, 15) is 19.2 Å². The minimum Gasteiger partial charge on any atom is -0.456 e. The van der Waals surface area contributed by atoms with Crippen LogP contribution in [0.5, 0.6) is 0 Å². The van der Waals surface area contributed by atoms with Crippen LogP contribution in [0.15, 0.2) is 9.59 Å². The second-order valence-corrected chi connectivity index (χ2v) is 8.44. The third-order valence-electron chi connectivity index (χ3n) is 6.51. The molecule has 3 atom stereocenters. The van der Waals surface area contributed by atoms with Gasteiger partial charge in [-0.15, -0.1) is 0 Å². The predicted octanol–water partition coefficient (Wildman–Crippen LogP) is 1.64. The van der Waals surface area contributed by atoms with Crippen molar-refractivity contribution < 1.29 is 14.3 Å². The maximum atomic E-state index is 12.7. The van der Waals surface area contributed by atoms with Gasteiger partial charge < -0.3 is 15.4 Å². The highest BCUT2D eigenvalue weighted by atomic mass is 16.5. The van der Waals surface area contributed by atoms with E-state index >= 15 is 0 Å². The Kier molecular flexibility index (Phi) is 6.99. The SMILES string of the molecule is CCCCn1c(N)c(N(CC)C(=O)COC(=O)C[C@H]2C[C@H]3CC[C@@H]2C3)c(=O)[nH]c1=O. The molecular weight excluding hydrogens is 388 g/mol. The van der Waals surface area contributed by atoms with Crippen LogP contribution in [0.25, 0.3) is 0 Å². The topological polar surface area (TPSA) is 127 Å². The van der Waals surface area contributed by atoms with Crippen molar-refractivity contribution in [3.05, 3.63) is 20.8 Å². The van der Waals surface area contributed by atoms with Gasteiger partial charge in [-0.05, 0) is 50.4 Å². The molecule has 0 radical (unpaired) electrons. The number of unbranched alkanes of at least 4 members (excludes halogenated alkanes) is 1. The summed E-state index contributed by atoms with van der Waals surface area (Å²) < 4.78 is 6.49. The van der Waals surface area contributed by atoms with Gasteiger partial charge in [0, 0.05) is 19.5 Å². The van der Waals surface area contributed by atoms with Gasteiger partial charge in [0.05, 0.1) is 0 Å². The summed E-state index contributed by atoms with van der Waals surface area (Å²) in [5.41, 5.74) is 4.67. The van der Waals surface area contributed by atoms with E-state index in [-0.39, 0.29) is 24.0 Å². The summed E-state index contributed by atoms with van der Waals surface area (Å²) in [4.78, 5) is 52.8. The van der Waals surface area contributed by atoms with Crippen molar-refractivity contribution in [2.24, 2.45) is 17.8 Å². The van der Waals surface area contributed by atoms with Crippen LogP contribution in [0.2, 0.25) is 0 Å². The van der Waals surface area contributed by atoms with Crippen LogP contribution in [0.3, 0.4) is 0 Å². The molecule has 0 spiro atoms. The van der Waals surface area contributed by atoms with Gasteiger partial charge in [0.15, 0.2) is 12.3 Å². The highest BCUT2D eigenvalue weighted by Gasteiger charge is 2.40. The molecule has 1 heterocycles. The number of esters is 1. The van der Waals surface area contributed by atoms with Crippen molar-refractivity contribution in [3.63, 3.8) is 0 Å².